The molecule has 0 aliphatic carbocycles. The number of hydrogen-bond donors (Lipinski definition) is 1. The minimum Gasteiger partial charge on any atom is -0.381 e. The number of ether oxygens (including phenoxy) is 1. The van der Waals surface area contributed by atoms with Gasteiger partial charge in [0, 0.05) is 25.0 Å². The van der Waals surface area contributed by atoms with Crippen LogP contribution in [0.5, 0.6) is 0 Å². The van der Waals surface area contributed by atoms with Gasteiger partial charge in [0.1, 0.15) is 0 Å². The fourth-order valence-electron chi connectivity index (χ4n) is 2.68. The van der Waals surface area contributed by atoms with Crippen molar-refractivity contribution in [3.8, 4) is 0 Å². The van der Waals surface area contributed by atoms with Crippen LogP contribution in [0.25, 0.3) is 0 Å². The van der Waals surface area contributed by atoms with Crippen molar-refractivity contribution in [1.29, 1.82) is 0 Å². The van der Waals surface area contributed by atoms with Crippen LogP contribution in [0.3, 0.4) is 0 Å². The van der Waals surface area contributed by atoms with Gasteiger partial charge in [0.25, 0.3) is 0 Å². The van der Waals surface area contributed by atoms with Crippen LogP contribution < -0.4 is 5.32 Å². The molecule has 0 radical (unpaired) electrons. The molecule has 0 aromatic carbocycles. The van der Waals surface area contributed by atoms with E-state index in [1.54, 1.807) is 0 Å². The van der Waals surface area contributed by atoms with Gasteiger partial charge >= 0.3 is 0 Å². The summed E-state index contributed by atoms with van der Waals surface area (Å²) in [6.07, 6.45) is 2.28. The summed E-state index contributed by atoms with van der Waals surface area (Å²) in [7, 11) is 0. The van der Waals surface area contributed by atoms with Crippen molar-refractivity contribution in [2.45, 2.75) is 38.6 Å². The van der Waals surface area contributed by atoms with Crippen LogP contribution in [0.15, 0.2) is 0 Å². The first-order valence-electron chi connectivity index (χ1n) is 6.53. The highest BCUT2D eigenvalue weighted by Gasteiger charge is 2.32. The summed E-state index contributed by atoms with van der Waals surface area (Å²) >= 11 is 0. The summed E-state index contributed by atoms with van der Waals surface area (Å²) in [5.41, 5.74) is 0. The van der Waals surface area contributed by atoms with Gasteiger partial charge in [0.2, 0.25) is 5.95 Å². The van der Waals surface area contributed by atoms with Crippen LogP contribution in [-0.2, 0) is 4.74 Å². The van der Waals surface area contributed by atoms with Crippen LogP contribution in [0.1, 0.15) is 44.5 Å². The molecule has 2 unspecified atom stereocenters. The third kappa shape index (κ3) is 1.92. The average molecular weight is 236 g/mol. The lowest BCUT2D eigenvalue weighted by Gasteiger charge is -2.28. The molecule has 0 amide bonds. The van der Waals surface area contributed by atoms with E-state index in [4.69, 9.17) is 4.74 Å². The normalized spacial score (nSPS) is 28.2. The Morgan fingerprint density at radius 1 is 1.41 bits per heavy atom. The highest BCUT2D eigenvalue weighted by atomic mass is 16.5. The Morgan fingerprint density at radius 2 is 2.29 bits per heavy atom. The van der Waals surface area contributed by atoms with E-state index in [2.05, 4.69) is 33.9 Å². The molecule has 94 valence electrons. The maximum atomic E-state index is 5.50. The third-order valence-corrected chi connectivity index (χ3v) is 3.71. The molecule has 17 heavy (non-hydrogen) atoms. The zero-order valence-electron chi connectivity index (χ0n) is 10.5. The van der Waals surface area contributed by atoms with E-state index in [1.807, 2.05) is 0 Å². The predicted octanol–water partition coefficient (Wildman–Crippen LogP) is 1.79. The molecule has 1 aromatic heterocycles. The molecule has 2 aliphatic heterocycles. The molecule has 3 heterocycles. The van der Waals surface area contributed by atoms with E-state index in [0.29, 0.717) is 17.9 Å². The Kier molecular flexibility index (Phi) is 2.78. The topological polar surface area (TPSA) is 52.0 Å². The van der Waals surface area contributed by atoms with Crippen molar-refractivity contribution in [3.63, 3.8) is 0 Å². The number of fused-ring (bicyclic) bond motifs is 1. The Balaban J connectivity index is 1.89. The molecule has 5 heteroatoms. The fourth-order valence-corrected chi connectivity index (χ4v) is 2.68. The van der Waals surface area contributed by atoms with Crippen molar-refractivity contribution >= 4 is 5.95 Å². The van der Waals surface area contributed by atoms with E-state index >= 15 is 0 Å². The average Bonchev–Trinajstić information content (AvgIpc) is 2.97. The molecule has 1 N–H and O–H groups in total. The number of hydrogen-bond acceptors (Lipinski definition) is 4. The first-order chi connectivity index (χ1) is 8.25. The van der Waals surface area contributed by atoms with Gasteiger partial charge in [0.15, 0.2) is 5.82 Å². The minimum absolute atomic E-state index is 0.385. The lowest BCUT2D eigenvalue weighted by Crippen LogP contribution is -2.29. The summed E-state index contributed by atoms with van der Waals surface area (Å²) in [4.78, 5) is 4.57. The Bertz CT molecular complexity index is 395. The van der Waals surface area contributed by atoms with Gasteiger partial charge in [-0.2, -0.15) is 10.1 Å². The molecule has 2 atom stereocenters. The largest absolute Gasteiger partial charge is 0.381 e. The van der Waals surface area contributed by atoms with Crippen LogP contribution >= 0.6 is 0 Å². The molecule has 0 bridgehead atoms. The van der Waals surface area contributed by atoms with Gasteiger partial charge < -0.3 is 10.1 Å². The van der Waals surface area contributed by atoms with Crippen molar-refractivity contribution in [1.82, 2.24) is 14.8 Å². The van der Waals surface area contributed by atoms with Crippen LogP contribution in [0, 0.1) is 5.92 Å². The van der Waals surface area contributed by atoms with E-state index in [-0.39, 0.29) is 0 Å². The van der Waals surface area contributed by atoms with E-state index in [0.717, 1.165) is 44.4 Å². The SMILES string of the molecule is CC(C)c1nc2n(n1)C(C1CCOC1)CCN2. The number of nitrogens with zero attached hydrogens (tertiary/aromatic N) is 3. The van der Waals surface area contributed by atoms with Gasteiger partial charge in [0.05, 0.1) is 12.6 Å². The molecular formula is C12H20N4O. The van der Waals surface area contributed by atoms with Crippen molar-refractivity contribution < 1.29 is 4.74 Å². The van der Waals surface area contributed by atoms with Crippen LogP contribution in [0.4, 0.5) is 5.95 Å². The highest BCUT2D eigenvalue weighted by molar-refractivity contribution is 5.29. The second-order valence-electron chi connectivity index (χ2n) is 5.30. The monoisotopic (exact) mass is 236 g/mol. The smallest absolute Gasteiger partial charge is 0.221 e. The summed E-state index contributed by atoms with van der Waals surface area (Å²) in [6.45, 7) is 7.04. The summed E-state index contributed by atoms with van der Waals surface area (Å²) < 4.78 is 7.59. The molecule has 3 rings (SSSR count). The number of nitrogens with one attached hydrogen (secondary N) is 1. The van der Waals surface area contributed by atoms with Gasteiger partial charge in [-0.3, -0.25) is 0 Å². The maximum Gasteiger partial charge on any atom is 0.221 e. The third-order valence-electron chi connectivity index (χ3n) is 3.71. The molecule has 1 fully saturated rings. The van der Waals surface area contributed by atoms with Gasteiger partial charge in [-0.05, 0) is 12.8 Å². The van der Waals surface area contributed by atoms with Gasteiger partial charge in [-0.25, -0.2) is 4.68 Å². The quantitative estimate of drug-likeness (QED) is 0.850. The summed E-state index contributed by atoms with van der Waals surface area (Å²) in [6, 6.07) is 0.466. The minimum atomic E-state index is 0.385. The first kappa shape index (κ1) is 11.0. The van der Waals surface area contributed by atoms with E-state index in [1.165, 1.54) is 0 Å². The van der Waals surface area contributed by atoms with Crippen molar-refractivity contribution in [3.05, 3.63) is 5.82 Å². The number of aromatic nitrogens is 3. The molecule has 0 saturated carbocycles. The highest BCUT2D eigenvalue weighted by Crippen LogP contribution is 2.33. The number of anilines is 1. The lowest BCUT2D eigenvalue weighted by molar-refractivity contribution is 0.167. The zero-order valence-corrected chi connectivity index (χ0v) is 10.5. The van der Waals surface area contributed by atoms with Gasteiger partial charge in [-0.1, -0.05) is 13.8 Å². The zero-order chi connectivity index (χ0) is 11.8. The summed E-state index contributed by atoms with van der Waals surface area (Å²) in [5.74, 6) is 2.88. The fraction of sp³-hybridized carbons (Fsp3) is 0.833. The van der Waals surface area contributed by atoms with Crippen LogP contribution in [-0.4, -0.2) is 34.5 Å². The molecular weight excluding hydrogens is 216 g/mol. The molecule has 2 aliphatic rings. The standard InChI is InChI=1S/C12H20N4O/c1-8(2)11-14-12-13-5-3-10(16(12)15-11)9-4-6-17-7-9/h8-10H,3-7H2,1-2H3,(H,13,14,15). The van der Waals surface area contributed by atoms with Crippen molar-refractivity contribution in [2.24, 2.45) is 5.92 Å². The first-order valence-corrected chi connectivity index (χ1v) is 6.53. The Morgan fingerprint density at radius 3 is 3.00 bits per heavy atom. The lowest BCUT2D eigenvalue weighted by atomic mass is 9.95. The molecule has 1 aromatic rings. The molecule has 0 spiro atoms. The molecule has 5 nitrogen and oxygen atoms in total. The van der Waals surface area contributed by atoms with Crippen LogP contribution in [0.2, 0.25) is 0 Å². The Labute approximate surface area is 102 Å². The van der Waals surface area contributed by atoms with E-state index in [9.17, 15) is 0 Å². The Hall–Kier alpha value is -1.10. The number of rotatable bonds is 2. The predicted molar refractivity (Wildman–Crippen MR) is 65.2 cm³/mol. The second-order valence-corrected chi connectivity index (χ2v) is 5.30. The maximum absolute atomic E-state index is 5.50. The second kappa shape index (κ2) is 4.29. The summed E-state index contributed by atoms with van der Waals surface area (Å²) in [5, 5.41) is 8.00. The van der Waals surface area contributed by atoms with E-state index < -0.39 is 0 Å². The van der Waals surface area contributed by atoms with Gasteiger partial charge in [-0.15, -0.1) is 0 Å². The van der Waals surface area contributed by atoms with Crippen molar-refractivity contribution in [2.75, 3.05) is 25.1 Å². The molecule has 1 saturated heterocycles.